The Morgan fingerprint density at radius 3 is 2.63 bits per heavy atom. The molecule has 1 amide bonds. The van der Waals surface area contributed by atoms with E-state index in [1.54, 1.807) is 11.0 Å². The highest BCUT2D eigenvalue weighted by Gasteiger charge is 2.29. The third-order valence-electron chi connectivity index (χ3n) is 5.20. The molecule has 4 rings (SSSR count). The van der Waals surface area contributed by atoms with Crippen molar-refractivity contribution in [2.24, 2.45) is 0 Å². The molecule has 1 aliphatic heterocycles. The van der Waals surface area contributed by atoms with Crippen LogP contribution in [-0.4, -0.2) is 50.1 Å². The van der Waals surface area contributed by atoms with Crippen molar-refractivity contribution in [3.63, 3.8) is 0 Å². The van der Waals surface area contributed by atoms with Crippen molar-refractivity contribution >= 4 is 46.0 Å². The molecule has 0 fully saturated rings. The summed E-state index contributed by atoms with van der Waals surface area (Å²) < 4.78 is 6.95. The van der Waals surface area contributed by atoms with Crippen molar-refractivity contribution in [2.45, 2.75) is 25.9 Å². The molecule has 0 unspecified atom stereocenters. The van der Waals surface area contributed by atoms with Crippen LogP contribution in [0.4, 0.5) is 0 Å². The second-order valence-electron chi connectivity index (χ2n) is 6.90. The number of rotatable bonds is 5. The summed E-state index contributed by atoms with van der Waals surface area (Å²) in [4.78, 5) is 33.9. The van der Waals surface area contributed by atoms with Crippen LogP contribution in [0.1, 0.15) is 28.3 Å². The van der Waals surface area contributed by atoms with Gasteiger partial charge in [0.25, 0.3) is 5.91 Å². The van der Waals surface area contributed by atoms with Crippen molar-refractivity contribution in [2.75, 3.05) is 13.7 Å². The van der Waals surface area contributed by atoms with Gasteiger partial charge in [0.05, 0.1) is 41.5 Å². The normalized spacial score (nSPS) is 13.4. The fourth-order valence-electron chi connectivity index (χ4n) is 3.77. The average molecular weight is 449 g/mol. The maximum absolute atomic E-state index is 12.9. The summed E-state index contributed by atoms with van der Waals surface area (Å²) in [6, 6.07) is 3.57. The van der Waals surface area contributed by atoms with Crippen LogP contribution in [0.2, 0.25) is 10.0 Å². The van der Waals surface area contributed by atoms with E-state index in [1.807, 2.05) is 10.6 Å². The molecule has 0 spiro atoms. The van der Waals surface area contributed by atoms with Crippen LogP contribution < -0.4 is 4.74 Å². The Kier molecular flexibility index (Phi) is 5.53. The molecule has 30 heavy (non-hydrogen) atoms. The van der Waals surface area contributed by atoms with E-state index in [4.69, 9.17) is 33.0 Å². The lowest BCUT2D eigenvalue weighted by atomic mass is 10.0. The first-order valence-electron chi connectivity index (χ1n) is 9.25. The number of hydrogen-bond donors (Lipinski definition) is 1. The Labute approximate surface area is 182 Å². The summed E-state index contributed by atoms with van der Waals surface area (Å²) in [6.45, 7) is 1.07. The van der Waals surface area contributed by atoms with E-state index in [2.05, 4.69) is 9.97 Å². The monoisotopic (exact) mass is 448 g/mol. The van der Waals surface area contributed by atoms with E-state index in [-0.39, 0.29) is 24.7 Å². The molecule has 3 aromatic rings. The van der Waals surface area contributed by atoms with Gasteiger partial charge >= 0.3 is 5.97 Å². The van der Waals surface area contributed by atoms with Crippen molar-refractivity contribution in [1.82, 2.24) is 19.4 Å². The topological polar surface area (TPSA) is 97.6 Å². The number of carbonyl (C=O) groups excluding carboxylic acids is 1. The van der Waals surface area contributed by atoms with Crippen LogP contribution in [0.3, 0.4) is 0 Å². The number of carboxylic acids is 1. The summed E-state index contributed by atoms with van der Waals surface area (Å²) in [5.41, 5.74) is 2.60. The number of nitrogens with zero attached hydrogens (tertiary/aromatic N) is 4. The summed E-state index contributed by atoms with van der Waals surface area (Å²) in [7, 11) is 1.50. The number of fused-ring (bicyclic) bond motifs is 3. The van der Waals surface area contributed by atoms with E-state index in [0.29, 0.717) is 40.8 Å². The minimum absolute atomic E-state index is 0.0403. The van der Waals surface area contributed by atoms with Gasteiger partial charge in [0.15, 0.2) is 5.75 Å². The van der Waals surface area contributed by atoms with Gasteiger partial charge in [0.1, 0.15) is 0 Å². The fraction of sp³-hybridized carbons (Fsp3) is 0.300. The number of aromatic nitrogens is 3. The predicted molar refractivity (Wildman–Crippen MR) is 111 cm³/mol. The SMILES string of the molecule is COc1cnc(C(=O)N2CCc3c(c4ccc(Cl)c(Cl)c4n3CCC(=O)O)C2)nc1. The molecule has 8 nitrogen and oxygen atoms in total. The standard InChI is InChI=1S/C20H18Cl2N4O4/c1-30-11-8-23-19(24-9-11)20(29)25-6-4-15-13(10-25)12-2-3-14(21)17(22)18(12)26(15)7-5-16(27)28/h2-3,8-9H,4-7,10H2,1H3,(H,27,28). The molecule has 1 N–H and O–H groups in total. The molecule has 1 aromatic carbocycles. The lowest BCUT2D eigenvalue weighted by Crippen LogP contribution is -2.37. The van der Waals surface area contributed by atoms with E-state index in [9.17, 15) is 9.59 Å². The Morgan fingerprint density at radius 2 is 1.97 bits per heavy atom. The van der Waals surface area contributed by atoms with Crippen molar-refractivity contribution in [3.05, 3.63) is 51.7 Å². The zero-order valence-corrected chi connectivity index (χ0v) is 17.6. The van der Waals surface area contributed by atoms with Gasteiger partial charge in [0, 0.05) is 42.7 Å². The van der Waals surface area contributed by atoms with Crippen LogP contribution in [0.15, 0.2) is 24.5 Å². The summed E-state index contributed by atoms with van der Waals surface area (Å²) in [6.07, 6.45) is 3.42. The van der Waals surface area contributed by atoms with Gasteiger partial charge in [-0.2, -0.15) is 0 Å². The van der Waals surface area contributed by atoms with Crippen molar-refractivity contribution < 1.29 is 19.4 Å². The maximum atomic E-state index is 12.9. The quantitative estimate of drug-likeness (QED) is 0.641. The second-order valence-corrected chi connectivity index (χ2v) is 7.69. The Hall–Kier alpha value is -2.84. The number of aliphatic carboxylic acids is 1. The van der Waals surface area contributed by atoms with E-state index >= 15 is 0 Å². The highest BCUT2D eigenvalue weighted by atomic mass is 35.5. The third kappa shape index (κ3) is 3.57. The minimum atomic E-state index is -0.895. The number of aryl methyl sites for hydroxylation is 1. The number of hydrogen-bond acceptors (Lipinski definition) is 5. The number of methoxy groups -OCH3 is 1. The van der Waals surface area contributed by atoms with Gasteiger partial charge in [-0.3, -0.25) is 9.59 Å². The Morgan fingerprint density at radius 1 is 1.23 bits per heavy atom. The average Bonchev–Trinajstić information content (AvgIpc) is 3.07. The maximum Gasteiger partial charge on any atom is 0.305 e. The molecule has 0 atom stereocenters. The first kappa shape index (κ1) is 20.4. The summed E-state index contributed by atoms with van der Waals surface area (Å²) in [5, 5.41) is 10.8. The van der Waals surface area contributed by atoms with Gasteiger partial charge in [-0.15, -0.1) is 0 Å². The van der Waals surface area contributed by atoms with E-state index in [1.165, 1.54) is 19.5 Å². The number of halogens is 2. The van der Waals surface area contributed by atoms with Crippen LogP contribution in [0.5, 0.6) is 5.75 Å². The van der Waals surface area contributed by atoms with Crippen LogP contribution >= 0.6 is 23.2 Å². The fourth-order valence-corrected chi connectivity index (χ4v) is 4.19. The zero-order chi connectivity index (χ0) is 21.4. The highest BCUT2D eigenvalue weighted by molar-refractivity contribution is 6.45. The minimum Gasteiger partial charge on any atom is -0.494 e. The summed E-state index contributed by atoms with van der Waals surface area (Å²) >= 11 is 12.7. The number of ether oxygens (including phenoxy) is 1. The molecule has 1 aliphatic rings. The van der Waals surface area contributed by atoms with Gasteiger partial charge in [-0.25, -0.2) is 9.97 Å². The smallest absolute Gasteiger partial charge is 0.305 e. The van der Waals surface area contributed by atoms with Crippen molar-refractivity contribution in [3.8, 4) is 5.75 Å². The lowest BCUT2D eigenvalue weighted by Gasteiger charge is -2.27. The Bertz CT molecular complexity index is 1140. The molecule has 0 aliphatic carbocycles. The molecule has 2 aromatic heterocycles. The van der Waals surface area contributed by atoms with Gasteiger partial charge < -0.3 is 19.3 Å². The first-order valence-corrected chi connectivity index (χ1v) is 10.0. The van der Waals surface area contributed by atoms with E-state index in [0.717, 1.165) is 16.6 Å². The van der Waals surface area contributed by atoms with Crippen molar-refractivity contribution in [1.29, 1.82) is 0 Å². The summed E-state index contributed by atoms with van der Waals surface area (Å²) in [5.74, 6) is -0.613. The molecule has 10 heteroatoms. The van der Waals surface area contributed by atoms with Crippen LogP contribution in [0, 0.1) is 0 Å². The number of carbonyl (C=O) groups is 2. The molecular formula is C20H18Cl2N4O4. The lowest BCUT2D eigenvalue weighted by molar-refractivity contribution is -0.137. The molecular weight excluding hydrogens is 431 g/mol. The largest absolute Gasteiger partial charge is 0.494 e. The number of benzene rings is 1. The number of carboxylic acid groups (broad SMARTS) is 1. The van der Waals surface area contributed by atoms with Crippen LogP contribution in [0.25, 0.3) is 10.9 Å². The predicted octanol–water partition coefficient (Wildman–Crippen LogP) is 3.42. The number of amides is 1. The zero-order valence-electron chi connectivity index (χ0n) is 16.1. The van der Waals surface area contributed by atoms with Crippen LogP contribution in [-0.2, 0) is 24.3 Å². The molecule has 0 bridgehead atoms. The van der Waals surface area contributed by atoms with Gasteiger partial charge in [0.2, 0.25) is 5.82 Å². The molecule has 0 radical (unpaired) electrons. The van der Waals surface area contributed by atoms with Gasteiger partial charge in [-0.05, 0) is 6.07 Å². The molecule has 3 heterocycles. The second kappa shape index (κ2) is 8.12. The van der Waals surface area contributed by atoms with Gasteiger partial charge in [-0.1, -0.05) is 29.3 Å². The first-order chi connectivity index (χ1) is 14.4. The highest BCUT2D eigenvalue weighted by Crippen LogP contribution is 2.38. The third-order valence-corrected chi connectivity index (χ3v) is 5.99. The molecule has 0 saturated heterocycles. The molecule has 156 valence electrons. The van der Waals surface area contributed by atoms with E-state index < -0.39 is 5.97 Å². The Balaban J connectivity index is 1.72. The molecule has 0 saturated carbocycles.